The quantitative estimate of drug-likeness (QED) is 0.595. The lowest BCUT2D eigenvalue weighted by Crippen LogP contribution is -2.33. The Kier molecular flexibility index (Phi) is 3.75. The Balaban J connectivity index is 1.59. The van der Waals surface area contributed by atoms with E-state index in [2.05, 4.69) is 62.3 Å². The van der Waals surface area contributed by atoms with Gasteiger partial charge in [-0.25, -0.2) is 5.01 Å². The predicted molar refractivity (Wildman–Crippen MR) is 104 cm³/mol. The molecule has 0 amide bonds. The van der Waals surface area contributed by atoms with Crippen molar-refractivity contribution in [3.8, 4) is 5.75 Å². The summed E-state index contributed by atoms with van der Waals surface area (Å²) in [6.07, 6.45) is 4.21. The first-order valence-electron chi connectivity index (χ1n) is 8.57. The van der Waals surface area contributed by atoms with Gasteiger partial charge in [0, 0.05) is 34.4 Å². The van der Waals surface area contributed by atoms with Crippen LogP contribution in [0, 0.1) is 0 Å². The molecule has 2 aliphatic rings. The fraction of sp³-hybridized carbons (Fsp3) is 0.143. The molecule has 128 valence electrons. The summed E-state index contributed by atoms with van der Waals surface area (Å²) < 4.78 is 7.39. The summed E-state index contributed by atoms with van der Waals surface area (Å²) in [5.74, 6) is 0.933. The molecule has 2 aromatic carbocycles. The molecule has 0 unspecified atom stereocenters. The third-order valence-corrected chi connectivity index (χ3v) is 5.40. The van der Waals surface area contributed by atoms with Gasteiger partial charge in [-0.15, -0.1) is 0 Å². The first-order chi connectivity index (χ1) is 12.8. The van der Waals surface area contributed by atoms with E-state index in [1.807, 2.05) is 24.3 Å². The summed E-state index contributed by atoms with van der Waals surface area (Å²) in [5.41, 5.74) is 4.48. The van der Waals surface area contributed by atoms with Gasteiger partial charge in [-0.05, 0) is 35.9 Å². The van der Waals surface area contributed by atoms with Crippen LogP contribution in [-0.2, 0) is 0 Å². The van der Waals surface area contributed by atoms with Crippen molar-refractivity contribution in [1.29, 1.82) is 0 Å². The SMILES string of the molecule is Brc1ccc(C2=NN3[C@H](C2)c2ccccc2O[C@H]3c2ccncc2)cc1. The molecule has 1 aromatic heterocycles. The second kappa shape index (κ2) is 6.25. The fourth-order valence-corrected chi connectivity index (χ4v) is 3.86. The lowest BCUT2D eigenvalue weighted by atomic mass is 9.96. The van der Waals surface area contributed by atoms with Gasteiger partial charge in [-0.3, -0.25) is 4.98 Å². The molecule has 0 saturated heterocycles. The lowest BCUT2D eigenvalue weighted by molar-refractivity contribution is -0.0190. The molecule has 0 spiro atoms. The van der Waals surface area contributed by atoms with Crippen molar-refractivity contribution in [3.05, 3.63) is 94.2 Å². The molecule has 0 bridgehead atoms. The van der Waals surface area contributed by atoms with Crippen molar-refractivity contribution in [1.82, 2.24) is 9.99 Å². The number of para-hydroxylation sites is 1. The van der Waals surface area contributed by atoms with Crippen molar-refractivity contribution in [2.75, 3.05) is 0 Å². The third kappa shape index (κ3) is 2.59. The number of pyridine rings is 1. The number of hydrogen-bond acceptors (Lipinski definition) is 4. The molecule has 0 saturated carbocycles. The largest absolute Gasteiger partial charge is 0.464 e. The van der Waals surface area contributed by atoms with E-state index in [0.717, 1.165) is 33.5 Å². The number of hydrazone groups is 1. The highest BCUT2D eigenvalue weighted by Gasteiger charge is 2.40. The first kappa shape index (κ1) is 15.6. The maximum Gasteiger partial charge on any atom is 0.213 e. The molecule has 2 aliphatic heterocycles. The van der Waals surface area contributed by atoms with Crippen LogP contribution >= 0.6 is 15.9 Å². The Morgan fingerprint density at radius 1 is 0.962 bits per heavy atom. The van der Waals surface area contributed by atoms with E-state index in [0.29, 0.717) is 0 Å². The zero-order valence-electron chi connectivity index (χ0n) is 13.9. The molecule has 5 heteroatoms. The van der Waals surface area contributed by atoms with Gasteiger partial charge in [-0.2, -0.15) is 5.10 Å². The van der Waals surface area contributed by atoms with Crippen molar-refractivity contribution >= 4 is 21.6 Å². The summed E-state index contributed by atoms with van der Waals surface area (Å²) in [4.78, 5) is 4.13. The van der Waals surface area contributed by atoms with Gasteiger partial charge < -0.3 is 4.74 Å². The Labute approximate surface area is 160 Å². The van der Waals surface area contributed by atoms with Crippen molar-refractivity contribution in [2.24, 2.45) is 5.10 Å². The Morgan fingerprint density at radius 2 is 1.73 bits per heavy atom. The number of nitrogens with zero attached hydrogens (tertiary/aromatic N) is 3. The Morgan fingerprint density at radius 3 is 2.54 bits per heavy atom. The van der Waals surface area contributed by atoms with E-state index >= 15 is 0 Å². The molecule has 0 N–H and O–H groups in total. The highest BCUT2D eigenvalue weighted by Crippen LogP contribution is 2.47. The van der Waals surface area contributed by atoms with E-state index in [4.69, 9.17) is 9.84 Å². The average molecular weight is 406 g/mol. The van der Waals surface area contributed by atoms with Crippen LogP contribution in [-0.4, -0.2) is 15.7 Å². The van der Waals surface area contributed by atoms with E-state index < -0.39 is 0 Å². The van der Waals surface area contributed by atoms with E-state index in [1.165, 1.54) is 5.56 Å². The number of aromatic nitrogens is 1. The zero-order chi connectivity index (χ0) is 17.5. The van der Waals surface area contributed by atoms with E-state index in [9.17, 15) is 0 Å². The van der Waals surface area contributed by atoms with Crippen molar-refractivity contribution in [2.45, 2.75) is 18.7 Å². The van der Waals surface area contributed by atoms with Crippen LogP contribution in [0.3, 0.4) is 0 Å². The molecule has 2 atom stereocenters. The second-order valence-electron chi connectivity index (χ2n) is 6.44. The summed E-state index contributed by atoms with van der Waals surface area (Å²) in [6, 6.07) is 20.7. The number of benzene rings is 2. The van der Waals surface area contributed by atoms with Crippen LogP contribution in [0.25, 0.3) is 0 Å². The maximum absolute atomic E-state index is 6.32. The van der Waals surface area contributed by atoms with Crippen LogP contribution in [0.15, 0.2) is 82.6 Å². The number of halogens is 1. The normalized spacial score (nSPS) is 20.8. The van der Waals surface area contributed by atoms with Gasteiger partial charge in [0.2, 0.25) is 6.23 Å². The molecule has 26 heavy (non-hydrogen) atoms. The van der Waals surface area contributed by atoms with E-state index in [-0.39, 0.29) is 12.3 Å². The monoisotopic (exact) mass is 405 g/mol. The van der Waals surface area contributed by atoms with E-state index in [1.54, 1.807) is 12.4 Å². The molecule has 3 heterocycles. The first-order valence-corrected chi connectivity index (χ1v) is 9.36. The minimum absolute atomic E-state index is 0.178. The average Bonchev–Trinajstić information content (AvgIpc) is 3.14. The standard InChI is InChI=1S/C21H16BrN3O/c22-16-7-5-14(6-8-16)18-13-19-17-3-1-2-4-20(17)26-21(25(19)24-18)15-9-11-23-12-10-15/h1-12,19,21H,13H2/t19-,21+/m1/s1. The molecule has 0 aliphatic carbocycles. The molecular formula is C21H16BrN3O. The van der Waals surface area contributed by atoms with Crippen LogP contribution in [0.4, 0.5) is 0 Å². The number of hydrogen-bond donors (Lipinski definition) is 0. The van der Waals surface area contributed by atoms with Crippen LogP contribution in [0.1, 0.15) is 35.4 Å². The van der Waals surface area contributed by atoms with Crippen molar-refractivity contribution in [3.63, 3.8) is 0 Å². The lowest BCUT2D eigenvalue weighted by Gasteiger charge is -2.38. The fourth-order valence-electron chi connectivity index (χ4n) is 3.60. The summed E-state index contributed by atoms with van der Waals surface area (Å²) in [7, 11) is 0. The molecule has 0 fully saturated rings. The maximum atomic E-state index is 6.32. The number of fused-ring (bicyclic) bond motifs is 3. The number of rotatable bonds is 2. The van der Waals surface area contributed by atoms with Gasteiger partial charge in [0.05, 0.1) is 11.8 Å². The Bertz CT molecular complexity index is 972. The highest BCUT2D eigenvalue weighted by molar-refractivity contribution is 9.10. The second-order valence-corrected chi connectivity index (χ2v) is 7.36. The third-order valence-electron chi connectivity index (χ3n) is 4.87. The molecule has 0 radical (unpaired) electrons. The minimum Gasteiger partial charge on any atom is -0.464 e. The molecule has 4 nitrogen and oxygen atoms in total. The van der Waals surface area contributed by atoms with Gasteiger partial charge in [0.25, 0.3) is 0 Å². The van der Waals surface area contributed by atoms with Crippen LogP contribution < -0.4 is 4.74 Å². The Hall–Kier alpha value is -2.66. The van der Waals surface area contributed by atoms with Gasteiger partial charge in [0.15, 0.2) is 0 Å². The summed E-state index contributed by atoms with van der Waals surface area (Å²) >= 11 is 3.50. The van der Waals surface area contributed by atoms with Gasteiger partial charge >= 0.3 is 0 Å². The van der Waals surface area contributed by atoms with Gasteiger partial charge in [-0.1, -0.05) is 46.3 Å². The molecule has 5 rings (SSSR count). The molecular weight excluding hydrogens is 390 g/mol. The smallest absolute Gasteiger partial charge is 0.213 e. The predicted octanol–water partition coefficient (Wildman–Crippen LogP) is 5.09. The summed E-state index contributed by atoms with van der Waals surface area (Å²) in [6.45, 7) is 0. The van der Waals surface area contributed by atoms with Crippen LogP contribution in [0.5, 0.6) is 5.75 Å². The van der Waals surface area contributed by atoms with Gasteiger partial charge in [0.1, 0.15) is 5.75 Å². The minimum atomic E-state index is -0.245. The zero-order valence-corrected chi connectivity index (χ0v) is 15.5. The topological polar surface area (TPSA) is 37.7 Å². The molecule has 3 aromatic rings. The number of ether oxygens (including phenoxy) is 1. The van der Waals surface area contributed by atoms with Crippen molar-refractivity contribution < 1.29 is 4.74 Å². The highest BCUT2D eigenvalue weighted by atomic mass is 79.9. The van der Waals surface area contributed by atoms with Crippen LogP contribution in [0.2, 0.25) is 0 Å². The summed E-state index contributed by atoms with van der Waals surface area (Å²) in [5, 5.41) is 7.05.